The summed E-state index contributed by atoms with van der Waals surface area (Å²) in [6, 6.07) is 10.7. The smallest absolute Gasteiger partial charge is 0.275 e. The fraction of sp³-hybridized carbons (Fsp3) is 0.389. The molecule has 1 fully saturated rings. The Morgan fingerprint density at radius 2 is 2.12 bits per heavy atom. The molecule has 126 valence electrons. The van der Waals surface area contributed by atoms with Crippen LogP contribution in [-0.4, -0.2) is 39.5 Å². The molecule has 2 N–H and O–H groups in total. The van der Waals surface area contributed by atoms with Crippen LogP contribution in [-0.2, 0) is 11.2 Å². The van der Waals surface area contributed by atoms with E-state index in [0.29, 0.717) is 18.7 Å². The van der Waals surface area contributed by atoms with Crippen LogP contribution in [0.25, 0.3) is 0 Å². The Morgan fingerprint density at radius 3 is 2.88 bits per heavy atom. The first-order valence-electron chi connectivity index (χ1n) is 8.40. The predicted octanol–water partition coefficient (Wildman–Crippen LogP) is 2.61. The Labute approximate surface area is 141 Å². The van der Waals surface area contributed by atoms with E-state index < -0.39 is 6.04 Å². The van der Waals surface area contributed by atoms with Gasteiger partial charge >= 0.3 is 0 Å². The van der Waals surface area contributed by atoms with Crippen LogP contribution in [0, 0.1) is 0 Å². The lowest BCUT2D eigenvalue weighted by Gasteiger charge is -2.23. The fourth-order valence-corrected chi connectivity index (χ4v) is 3.05. The highest BCUT2D eigenvalue weighted by Crippen LogP contribution is 2.21. The van der Waals surface area contributed by atoms with E-state index in [-0.39, 0.29) is 11.8 Å². The summed E-state index contributed by atoms with van der Waals surface area (Å²) >= 11 is 0. The van der Waals surface area contributed by atoms with Crippen LogP contribution in [0.1, 0.15) is 42.4 Å². The summed E-state index contributed by atoms with van der Waals surface area (Å²) in [6.07, 6.45) is 3.35. The number of carbonyl (C=O) groups is 2. The van der Waals surface area contributed by atoms with Gasteiger partial charge in [0.1, 0.15) is 11.7 Å². The lowest BCUT2D eigenvalue weighted by molar-refractivity contribution is -0.119. The summed E-state index contributed by atoms with van der Waals surface area (Å²) in [7, 11) is 0. The monoisotopic (exact) mass is 326 g/mol. The van der Waals surface area contributed by atoms with Crippen molar-refractivity contribution in [2.75, 3.05) is 11.9 Å². The van der Waals surface area contributed by atoms with Crippen molar-refractivity contribution in [1.82, 2.24) is 15.1 Å². The standard InChI is InChI=1S/C18H22N4O2/c1-2-7-14-12-15(21-20-14)18(24)22-11-6-10-16(22)17(23)19-13-8-4-3-5-9-13/h3-5,8-9,12,16H,2,6-7,10-11H2,1H3,(H,19,23)(H,20,21). The highest BCUT2D eigenvalue weighted by atomic mass is 16.2. The van der Waals surface area contributed by atoms with Crippen LogP contribution >= 0.6 is 0 Å². The molecule has 1 aromatic carbocycles. The number of likely N-dealkylation sites (tertiary alicyclic amines) is 1. The molecule has 6 heteroatoms. The first-order chi connectivity index (χ1) is 11.7. The van der Waals surface area contributed by atoms with Gasteiger partial charge in [0.25, 0.3) is 5.91 Å². The van der Waals surface area contributed by atoms with Crippen LogP contribution in [0.3, 0.4) is 0 Å². The second-order valence-electron chi connectivity index (χ2n) is 6.04. The van der Waals surface area contributed by atoms with E-state index >= 15 is 0 Å². The zero-order valence-electron chi connectivity index (χ0n) is 13.8. The van der Waals surface area contributed by atoms with E-state index in [2.05, 4.69) is 22.4 Å². The van der Waals surface area contributed by atoms with Gasteiger partial charge in [0, 0.05) is 17.9 Å². The molecule has 1 aliphatic rings. The molecule has 3 rings (SSSR count). The van der Waals surface area contributed by atoms with Crippen molar-refractivity contribution in [3.63, 3.8) is 0 Å². The number of aryl methyl sites for hydroxylation is 1. The number of nitrogens with zero attached hydrogens (tertiary/aromatic N) is 2. The zero-order valence-corrected chi connectivity index (χ0v) is 13.8. The van der Waals surface area contributed by atoms with Crippen LogP contribution in [0.4, 0.5) is 5.69 Å². The molecule has 2 heterocycles. The van der Waals surface area contributed by atoms with Crippen LogP contribution in [0.15, 0.2) is 36.4 Å². The van der Waals surface area contributed by atoms with Crippen LogP contribution in [0.5, 0.6) is 0 Å². The van der Waals surface area contributed by atoms with E-state index in [9.17, 15) is 9.59 Å². The predicted molar refractivity (Wildman–Crippen MR) is 91.7 cm³/mol. The minimum Gasteiger partial charge on any atom is -0.325 e. The zero-order chi connectivity index (χ0) is 16.9. The lowest BCUT2D eigenvalue weighted by Crippen LogP contribution is -2.43. The normalized spacial score (nSPS) is 17.0. The number of hydrogen-bond acceptors (Lipinski definition) is 3. The van der Waals surface area contributed by atoms with Crippen molar-refractivity contribution in [3.05, 3.63) is 47.8 Å². The average Bonchev–Trinajstić information content (AvgIpc) is 3.25. The third kappa shape index (κ3) is 3.48. The van der Waals surface area contributed by atoms with E-state index in [4.69, 9.17) is 0 Å². The summed E-state index contributed by atoms with van der Waals surface area (Å²) in [5.41, 5.74) is 2.08. The van der Waals surface area contributed by atoms with E-state index in [1.807, 2.05) is 30.3 Å². The molecule has 24 heavy (non-hydrogen) atoms. The number of hydrogen-bond donors (Lipinski definition) is 2. The number of nitrogens with one attached hydrogen (secondary N) is 2. The number of benzene rings is 1. The van der Waals surface area contributed by atoms with E-state index in [1.54, 1.807) is 11.0 Å². The Kier molecular flexibility index (Phi) is 4.93. The summed E-state index contributed by atoms with van der Waals surface area (Å²) in [5.74, 6) is -0.323. The van der Waals surface area contributed by atoms with Gasteiger partial charge < -0.3 is 10.2 Å². The Balaban J connectivity index is 1.70. The van der Waals surface area contributed by atoms with Gasteiger partial charge in [0.2, 0.25) is 5.91 Å². The molecule has 2 aromatic rings. The number of rotatable bonds is 5. The SMILES string of the molecule is CCCc1cc(C(=O)N2CCCC2C(=O)Nc2ccccc2)n[nH]1. The molecule has 0 bridgehead atoms. The summed E-state index contributed by atoms with van der Waals surface area (Å²) in [4.78, 5) is 26.9. The number of H-pyrrole nitrogens is 1. The van der Waals surface area contributed by atoms with Gasteiger partial charge in [-0.15, -0.1) is 0 Å². The van der Waals surface area contributed by atoms with Crippen molar-refractivity contribution in [1.29, 1.82) is 0 Å². The van der Waals surface area contributed by atoms with Gasteiger partial charge in [-0.05, 0) is 37.5 Å². The molecule has 0 spiro atoms. The number of aromatic nitrogens is 2. The van der Waals surface area contributed by atoms with Crippen molar-refractivity contribution in [3.8, 4) is 0 Å². The minimum absolute atomic E-state index is 0.142. The maximum absolute atomic E-state index is 12.7. The highest BCUT2D eigenvalue weighted by Gasteiger charge is 2.35. The van der Waals surface area contributed by atoms with Gasteiger partial charge in [-0.1, -0.05) is 31.5 Å². The molecule has 1 aromatic heterocycles. The van der Waals surface area contributed by atoms with Gasteiger partial charge in [-0.25, -0.2) is 0 Å². The molecule has 0 saturated carbocycles. The summed E-state index contributed by atoms with van der Waals surface area (Å²) < 4.78 is 0. The molecular formula is C18H22N4O2. The molecule has 0 radical (unpaired) electrons. The summed E-state index contributed by atoms with van der Waals surface area (Å²) in [6.45, 7) is 2.66. The maximum atomic E-state index is 12.7. The first-order valence-corrected chi connectivity index (χ1v) is 8.40. The lowest BCUT2D eigenvalue weighted by atomic mass is 10.2. The molecule has 0 aliphatic carbocycles. The van der Waals surface area contributed by atoms with Crippen LogP contribution < -0.4 is 5.32 Å². The van der Waals surface area contributed by atoms with Crippen molar-refractivity contribution in [2.45, 2.75) is 38.6 Å². The quantitative estimate of drug-likeness (QED) is 0.886. The molecule has 6 nitrogen and oxygen atoms in total. The largest absolute Gasteiger partial charge is 0.325 e. The van der Waals surface area contributed by atoms with E-state index in [1.165, 1.54) is 0 Å². The minimum atomic E-state index is -0.441. The van der Waals surface area contributed by atoms with Gasteiger partial charge in [-0.2, -0.15) is 5.10 Å². The molecule has 1 saturated heterocycles. The third-order valence-corrected chi connectivity index (χ3v) is 4.23. The Hall–Kier alpha value is -2.63. The fourth-order valence-electron chi connectivity index (χ4n) is 3.05. The maximum Gasteiger partial charge on any atom is 0.275 e. The van der Waals surface area contributed by atoms with E-state index in [0.717, 1.165) is 30.6 Å². The Bertz CT molecular complexity index is 711. The highest BCUT2D eigenvalue weighted by molar-refractivity contribution is 6.00. The van der Waals surface area contributed by atoms with Gasteiger partial charge in [-0.3, -0.25) is 14.7 Å². The second-order valence-corrected chi connectivity index (χ2v) is 6.04. The molecule has 1 aliphatic heterocycles. The second kappa shape index (κ2) is 7.29. The average molecular weight is 326 g/mol. The van der Waals surface area contributed by atoms with Crippen molar-refractivity contribution >= 4 is 17.5 Å². The van der Waals surface area contributed by atoms with Crippen molar-refractivity contribution in [2.24, 2.45) is 0 Å². The third-order valence-electron chi connectivity index (χ3n) is 4.23. The Morgan fingerprint density at radius 1 is 1.33 bits per heavy atom. The number of amides is 2. The van der Waals surface area contributed by atoms with Gasteiger partial charge in [0.05, 0.1) is 0 Å². The van der Waals surface area contributed by atoms with Gasteiger partial charge in [0.15, 0.2) is 0 Å². The van der Waals surface area contributed by atoms with Crippen molar-refractivity contribution < 1.29 is 9.59 Å². The molecule has 1 unspecified atom stereocenters. The number of para-hydroxylation sites is 1. The number of carbonyl (C=O) groups excluding carboxylic acids is 2. The number of aromatic amines is 1. The topological polar surface area (TPSA) is 78.1 Å². The summed E-state index contributed by atoms with van der Waals surface area (Å²) in [5, 5.41) is 9.89. The molecule has 2 amide bonds. The molecular weight excluding hydrogens is 304 g/mol. The first kappa shape index (κ1) is 16.2. The van der Waals surface area contributed by atoms with Crippen LogP contribution in [0.2, 0.25) is 0 Å². The number of anilines is 1. The molecule has 1 atom stereocenters.